The number of Topliss-reactive ketones (excluding diaryl/α,β-unsaturated/α-hetero) is 1. The van der Waals surface area contributed by atoms with Gasteiger partial charge in [0.2, 0.25) is 41.1 Å². The summed E-state index contributed by atoms with van der Waals surface area (Å²) in [7, 11) is 0. The zero-order chi connectivity index (χ0) is 81.2. The van der Waals surface area contributed by atoms with Crippen LogP contribution >= 0.6 is 0 Å². The van der Waals surface area contributed by atoms with Crippen LogP contribution in [0.5, 0.6) is 23.0 Å². The van der Waals surface area contributed by atoms with Gasteiger partial charge in [-0.1, -0.05) is 58.9 Å². The molecule has 36 heteroatoms. The predicted octanol–water partition coefficient (Wildman–Crippen LogP) is 3.06. The minimum Gasteiger partial charge on any atom is -0.508 e. The quantitative estimate of drug-likeness (QED) is 0.0270. The summed E-state index contributed by atoms with van der Waals surface area (Å²) >= 11 is 0. The van der Waals surface area contributed by atoms with Crippen LogP contribution in [0.25, 0.3) is 34.2 Å². The molecule has 9 rings (SSSR count). The third-order valence-corrected chi connectivity index (χ3v) is 20.3. The molecule has 0 unspecified atom stereocenters. The summed E-state index contributed by atoms with van der Waals surface area (Å²) < 4.78 is 3.12. The Morgan fingerprint density at radius 2 is 0.894 bits per heavy atom. The molecular formula is C77H103LuN17O18. The summed E-state index contributed by atoms with van der Waals surface area (Å²) in [5.41, 5.74) is 4.50. The number of benzene rings is 4. The van der Waals surface area contributed by atoms with Gasteiger partial charge in [-0.2, -0.15) is 0 Å². The molecule has 2 aromatic heterocycles. The number of aliphatic carboxylic acids is 4. The van der Waals surface area contributed by atoms with Gasteiger partial charge < -0.3 is 66.6 Å². The van der Waals surface area contributed by atoms with Crippen molar-refractivity contribution in [1.29, 1.82) is 0 Å². The van der Waals surface area contributed by atoms with Gasteiger partial charge in [-0.25, -0.2) is 0 Å². The first-order chi connectivity index (χ1) is 53.4. The number of nitrogens with zero attached hydrogens (tertiary/aromatic N) is 14. The normalized spacial score (nSPS) is 16.3. The van der Waals surface area contributed by atoms with Crippen molar-refractivity contribution in [2.24, 2.45) is 0 Å². The maximum Gasteiger partial charge on any atom is 0.320 e. The van der Waals surface area contributed by atoms with Crippen molar-refractivity contribution in [3.8, 4) is 57.1 Å². The number of amides is 5. The molecule has 619 valence electrons. The Morgan fingerprint density at radius 3 is 1.31 bits per heavy atom. The number of carbonyl (C=O) groups is 10. The van der Waals surface area contributed by atoms with E-state index in [-0.39, 0.29) is 210 Å². The summed E-state index contributed by atoms with van der Waals surface area (Å²) in [4.78, 5) is 147. The van der Waals surface area contributed by atoms with Crippen molar-refractivity contribution in [2.45, 2.75) is 124 Å². The number of rotatable bonds is 32. The molecule has 35 nitrogen and oxygen atoms in total. The first-order valence-corrected chi connectivity index (χ1v) is 37.8. The fraction of sp³-hybridized carbons (Fsp3) is 0.506. The standard InChI is InChI=1S/C77H103N17O18.Lu/c1-8-10-60(95)72-83-81-70(56-37-54(47(3)4)61(96)40-63(56)98)93(72)52-15-11-50(12-16-52)43-86-29-35-92(36-30-86)76(110)49(7)79-74(108)58(80-65(100)20-19-59(77(111)112)90-31-25-88(45-68(104)105)23-21-87(44-67(102)103)22-24-89(26-32-90)46-69(106)107)39-66(101)91-33-27-85(28-34-91)42-51-13-17-53(18-14-51)94-71(82-84-73(94)75(109)78-9-2)57-38-55(48(5)6)62(97)41-64(57)99;/h11-18,37-38,40-41,47-49,58-59,96-99H,8-10,19-36,39,42-46H2,1-7H3,(H,78,109)(H,79,108)(H,80,100)(H,102,103)(H,104,105)(H,106,107)(H,111,112);/t49-,58-,59+;/m0./s1. The van der Waals surface area contributed by atoms with Crippen LogP contribution in [0.15, 0.2) is 72.8 Å². The SMILES string of the molecule is CCCC(=O)c1nnc(-c2cc(C(C)C)c(O)cc2O)n1-c1ccc(CN2CCN(C(=O)[C@H](C)NC(=O)[C@H](CC(=O)N3CCN(Cc4ccc(-n5c(C(=O)NCC)nnc5-c5cc(C(C)C)c(O)cc5O)cc4)CC3)NC(=O)CC[C@H](C(=O)O)N3CCN(CC(=O)O)CCN(CC(=O)O)CCN(CC(=O)O)CC3)CC2)cc1.[Lu]. The second kappa shape index (κ2) is 41.3. The van der Waals surface area contributed by atoms with Gasteiger partial charge in [0.15, 0.2) is 11.6 Å². The zero-order valence-corrected chi connectivity index (χ0v) is 66.2. The average Bonchev–Trinajstić information content (AvgIpc) is 1.65. The van der Waals surface area contributed by atoms with Crippen molar-refractivity contribution < 1.29 is 126 Å². The molecule has 0 saturated carbocycles. The topological polar surface area (TPSA) is 456 Å². The molecule has 3 aliphatic rings. The summed E-state index contributed by atoms with van der Waals surface area (Å²) in [5, 5.41) is 109. The molecule has 0 bridgehead atoms. The van der Waals surface area contributed by atoms with Crippen LogP contribution in [0, 0.1) is 36.9 Å². The first kappa shape index (κ1) is 88.8. The molecule has 113 heavy (non-hydrogen) atoms. The van der Waals surface area contributed by atoms with E-state index in [9.17, 15) is 88.8 Å². The minimum absolute atomic E-state index is 0. The van der Waals surface area contributed by atoms with Gasteiger partial charge in [-0.05, 0) is 97.2 Å². The number of piperazine rings is 2. The van der Waals surface area contributed by atoms with E-state index in [0.717, 1.165) is 11.1 Å². The largest absolute Gasteiger partial charge is 0.508 e. The number of hydrogen-bond acceptors (Lipinski definition) is 24. The number of phenols is 4. The van der Waals surface area contributed by atoms with Crippen LogP contribution in [0.1, 0.15) is 136 Å². The average molecular weight is 1730 g/mol. The Bertz CT molecular complexity index is 4320. The second-order valence-corrected chi connectivity index (χ2v) is 29.1. The molecule has 3 fully saturated rings. The summed E-state index contributed by atoms with van der Waals surface area (Å²) in [6.07, 6.45) is -0.632. The van der Waals surface area contributed by atoms with Crippen LogP contribution in [0.4, 0.5) is 0 Å². The maximum absolute atomic E-state index is 14.6. The fourth-order valence-electron chi connectivity index (χ4n) is 14.2. The molecule has 0 aliphatic carbocycles. The zero-order valence-electron chi connectivity index (χ0n) is 64.6. The van der Waals surface area contributed by atoms with Crippen molar-refractivity contribution in [3.05, 3.63) is 107 Å². The number of carboxylic acid groups (broad SMARTS) is 4. The summed E-state index contributed by atoms with van der Waals surface area (Å²) in [5.74, 6) is -8.67. The molecule has 6 aromatic rings. The predicted molar refractivity (Wildman–Crippen MR) is 408 cm³/mol. The van der Waals surface area contributed by atoms with Crippen molar-refractivity contribution in [2.75, 3.05) is 131 Å². The molecule has 3 saturated heterocycles. The number of nitrogens with one attached hydrogen (secondary N) is 3. The van der Waals surface area contributed by atoms with Gasteiger partial charge in [0.25, 0.3) is 5.91 Å². The molecule has 0 spiro atoms. The fourth-order valence-corrected chi connectivity index (χ4v) is 14.2. The molecule has 5 amide bonds. The smallest absolute Gasteiger partial charge is 0.320 e. The summed E-state index contributed by atoms with van der Waals surface area (Å²) in [6, 6.07) is 16.3. The molecule has 5 heterocycles. The summed E-state index contributed by atoms with van der Waals surface area (Å²) in [6.45, 7) is 15.5. The van der Waals surface area contributed by atoms with E-state index < -0.39 is 97.5 Å². The number of hydrogen-bond donors (Lipinski definition) is 11. The Balaban J connectivity index is 0.0000160. The van der Waals surface area contributed by atoms with Gasteiger partial charge in [0.1, 0.15) is 41.1 Å². The van der Waals surface area contributed by atoms with Crippen LogP contribution in [0.2, 0.25) is 0 Å². The third kappa shape index (κ3) is 23.9. The monoisotopic (exact) mass is 1730 g/mol. The molecule has 1 radical (unpaired) electrons. The number of aromatic hydroxyl groups is 4. The van der Waals surface area contributed by atoms with Crippen LogP contribution < -0.4 is 16.0 Å². The van der Waals surface area contributed by atoms with E-state index in [4.69, 9.17) is 0 Å². The molecular weight excluding hydrogens is 1630 g/mol. The molecule has 4 aromatic carbocycles. The van der Waals surface area contributed by atoms with Gasteiger partial charge in [0.05, 0.1) is 37.2 Å². The van der Waals surface area contributed by atoms with Crippen molar-refractivity contribution >= 4 is 59.2 Å². The van der Waals surface area contributed by atoms with Gasteiger partial charge >= 0.3 is 23.9 Å². The number of phenolic OH excluding ortho intramolecular Hbond substituents is 4. The van der Waals surface area contributed by atoms with E-state index in [1.54, 1.807) is 50.5 Å². The Kier molecular flexibility index (Phi) is 32.5. The van der Waals surface area contributed by atoms with Gasteiger partial charge in [0, 0.05) is 198 Å². The van der Waals surface area contributed by atoms with Gasteiger partial charge in [-0.3, -0.25) is 86.5 Å². The molecule has 11 N–H and O–H groups in total. The number of carboxylic acids is 4. The van der Waals surface area contributed by atoms with E-state index in [0.29, 0.717) is 74.7 Å². The van der Waals surface area contributed by atoms with E-state index in [1.165, 1.54) is 38.3 Å². The molecule has 3 aliphatic heterocycles. The van der Waals surface area contributed by atoms with Crippen molar-refractivity contribution in [1.82, 2.24) is 84.7 Å². The number of carbonyl (C=O) groups excluding carboxylic acids is 6. The maximum atomic E-state index is 14.6. The second-order valence-electron chi connectivity index (χ2n) is 29.1. The minimum atomic E-state index is -1.57. The van der Waals surface area contributed by atoms with Crippen molar-refractivity contribution in [3.63, 3.8) is 0 Å². The molecule has 3 atom stereocenters. The Morgan fingerprint density at radius 1 is 0.478 bits per heavy atom. The third-order valence-electron chi connectivity index (χ3n) is 20.3. The number of aromatic nitrogens is 6. The Labute approximate surface area is 683 Å². The van der Waals surface area contributed by atoms with E-state index in [2.05, 4.69) is 46.1 Å². The van der Waals surface area contributed by atoms with Crippen LogP contribution in [-0.2, 0) is 51.4 Å². The van der Waals surface area contributed by atoms with Gasteiger partial charge in [-0.15, -0.1) is 20.4 Å². The van der Waals surface area contributed by atoms with E-state index >= 15 is 0 Å². The first-order valence-electron chi connectivity index (χ1n) is 37.8. The number of ketones is 1. The van der Waals surface area contributed by atoms with Crippen LogP contribution in [0.3, 0.4) is 0 Å². The Hall–Kier alpha value is -9.75. The van der Waals surface area contributed by atoms with Crippen LogP contribution in [-0.4, -0.2) is 318 Å². The van der Waals surface area contributed by atoms with E-state index in [1.807, 2.05) is 71.0 Å².